The number of fused-ring (bicyclic) bond motifs is 1. The van der Waals surface area contributed by atoms with Crippen molar-refractivity contribution in [3.63, 3.8) is 0 Å². The van der Waals surface area contributed by atoms with Crippen molar-refractivity contribution in [3.05, 3.63) is 36.0 Å². The molecule has 18 heavy (non-hydrogen) atoms. The fourth-order valence-electron chi connectivity index (χ4n) is 2.37. The number of aromatic amines is 1. The summed E-state index contributed by atoms with van der Waals surface area (Å²) in [5, 5.41) is 1.69. The first kappa shape index (κ1) is 11.7. The van der Waals surface area contributed by atoms with E-state index < -0.39 is 0 Å². The van der Waals surface area contributed by atoms with Crippen LogP contribution in [0.2, 0.25) is 0 Å². The van der Waals surface area contributed by atoms with Crippen LogP contribution < -0.4 is 0 Å². The molecule has 1 aromatic heterocycles. The second-order valence-electron chi connectivity index (χ2n) is 4.71. The van der Waals surface area contributed by atoms with Gasteiger partial charge in [0.1, 0.15) is 0 Å². The number of thioether (sulfide) groups is 1. The number of nitrogens with one attached hydrogen (secondary N) is 1. The zero-order chi connectivity index (χ0) is 12.5. The summed E-state index contributed by atoms with van der Waals surface area (Å²) in [6, 6.07) is 7.89. The Bertz CT molecular complexity index is 578. The smallest absolute Gasteiger partial charge is 0.253 e. The summed E-state index contributed by atoms with van der Waals surface area (Å²) in [6.45, 7) is 3.89. The number of carbonyl (C=O) groups is 1. The van der Waals surface area contributed by atoms with Gasteiger partial charge in [-0.1, -0.05) is 13.0 Å². The number of carbonyl (C=O) groups excluding carboxylic acids is 1. The highest BCUT2D eigenvalue weighted by atomic mass is 32.2. The van der Waals surface area contributed by atoms with Gasteiger partial charge in [0.05, 0.1) is 0 Å². The highest BCUT2D eigenvalue weighted by Gasteiger charge is 2.22. The minimum absolute atomic E-state index is 0.152. The SMILES string of the molecule is C[C@H]1CN(C(=O)c2ccc3cc[nH]c3c2)CCS1. The molecular formula is C14H16N2OS. The van der Waals surface area contributed by atoms with E-state index in [9.17, 15) is 4.79 Å². The molecule has 0 saturated carbocycles. The van der Waals surface area contributed by atoms with Crippen molar-refractivity contribution in [2.75, 3.05) is 18.8 Å². The van der Waals surface area contributed by atoms with Crippen LogP contribution in [0, 0.1) is 0 Å². The Morgan fingerprint density at radius 3 is 3.17 bits per heavy atom. The lowest BCUT2D eigenvalue weighted by molar-refractivity contribution is 0.0763. The molecule has 0 radical (unpaired) electrons. The van der Waals surface area contributed by atoms with E-state index in [4.69, 9.17) is 0 Å². The van der Waals surface area contributed by atoms with E-state index in [1.807, 2.05) is 47.1 Å². The van der Waals surface area contributed by atoms with Crippen molar-refractivity contribution in [1.29, 1.82) is 0 Å². The quantitative estimate of drug-likeness (QED) is 0.856. The summed E-state index contributed by atoms with van der Waals surface area (Å²) in [5.74, 6) is 1.19. The molecule has 0 aliphatic carbocycles. The van der Waals surface area contributed by atoms with E-state index in [1.54, 1.807) is 0 Å². The molecule has 3 nitrogen and oxygen atoms in total. The van der Waals surface area contributed by atoms with E-state index in [0.29, 0.717) is 5.25 Å². The van der Waals surface area contributed by atoms with Gasteiger partial charge in [0.2, 0.25) is 0 Å². The number of nitrogens with zero attached hydrogens (tertiary/aromatic N) is 1. The molecule has 4 heteroatoms. The van der Waals surface area contributed by atoms with Crippen LogP contribution in [0.5, 0.6) is 0 Å². The van der Waals surface area contributed by atoms with Crippen molar-refractivity contribution in [3.8, 4) is 0 Å². The lowest BCUT2D eigenvalue weighted by Crippen LogP contribution is -2.41. The van der Waals surface area contributed by atoms with Gasteiger partial charge < -0.3 is 9.88 Å². The van der Waals surface area contributed by atoms with E-state index in [-0.39, 0.29) is 5.91 Å². The topological polar surface area (TPSA) is 36.1 Å². The molecule has 0 bridgehead atoms. The van der Waals surface area contributed by atoms with Crippen LogP contribution in [0.1, 0.15) is 17.3 Å². The minimum Gasteiger partial charge on any atom is -0.361 e. The Morgan fingerprint density at radius 2 is 2.33 bits per heavy atom. The number of benzene rings is 1. The second kappa shape index (κ2) is 4.69. The van der Waals surface area contributed by atoms with Crippen LogP contribution in [-0.4, -0.2) is 39.9 Å². The van der Waals surface area contributed by atoms with Crippen LogP contribution >= 0.6 is 11.8 Å². The van der Waals surface area contributed by atoms with Crippen LogP contribution in [0.25, 0.3) is 10.9 Å². The van der Waals surface area contributed by atoms with Gasteiger partial charge >= 0.3 is 0 Å². The van der Waals surface area contributed by atoms with Crippen molar-refractivity contribution < 1.29 is 4.79 Å². The number of rotatable bonds is 1. The summed E-state index contributed by atoms with van der Waals surface area (Å²) in [6.07, 6.45) is 1.90. The second-order valence-corrected chi connectivity index (χ2v) is 6.26. The summed E-state index contributed by atoms with van der Waals surface area (Å²) in [4.78, 5) is 17.5. The van der Waals surface area contributed by atoms with Gasteiger partial charge in [-0.05, 0) is 23.6 Å². The number of hydrogen-bond acceptors (Lipinski definition) is 2. The molecule has 0 unspecified atom stereocenters. The van der Waals surface area contributed by atoms with Crippen LogP contribution in [0.4, 0.5) is 0 Å². The zero-order valence-corrected chi connectivity index (χ0v) is 11.2. The molecule has 1 saturated heterocycles. The Kier molecular flexibility index (Phi) is 3.04. The third-order valence-electron chi connectivity index (χ3n) is 3.33. The summed E-state index contributed by atoms with van der Waals surface area (Å²) in [5.41, 5.74) is 1.81. The van der Waals surface area contributed by atoms with E-state index in [1.165, 1.54) is 0 Å². The number of aromatic nitrogens is 1. The zero-order valence-electron chi connectivity index (χ0n) is 10.3. The average molecular weight is 260 g/mol. The fraction of sp³-hybridized carbons (Fsp3) is 0.357. The first-order chi connectivity index (χ1) is 8.74. The summed E-state index contributed by atoms with van der Waals surface area (Å²) < 4.78 is 0. The Balaban J connectivity index is 1.86. The van der Waals surface area contributed by atoms with Crippen molar-refractivity contribution in [2.24, 2.45) is 0 Å². The summed E-state index contributed by atoms with van der Waals surface area (Å²) in [7, 11) is 0. The first-order valence-electron chi connectivity index (χ1n) is 6.22. The Labute approximate surface area is 111 Å². The van der Waals surface area contributed by atoms with Gasteiger partial charge in [-0.15, -0.1) is 0 Å². The molecule has 1 aromatic carbocycles. The number of amides is 1. The van der Waals surface area contributed by atoms with Crippen LogP contribution in [0.15, 0.2) is 30.5 Å². The maximum absolute atomic E-state index is 12.4. The van der Waals surface area contributed by atoms with Crippen LogP contribution in [-0.2, 0) is 0 Å². The fourth-order valence-corrected chi connectivity index (χ4v) is 3.38. The molecule has 1 N–H and O–H groups in total. The van der Waals surface area contributed by atoms with Gasteiger partial charge in [0, 0.05) is 41.4 Å². The third kappa shape index (κ3) is 2.12. The van der Waals surface area contributed by atoms with Crippen LogP contribution in [0.3, 0.4) is 0 Å². The minimum atomic E-state index is 0.152. The number of hydrogen-bond donors (Lipinski definition) is 1. The first-order valence-corrected chi connectivity index (χ1v) is 7.27. The number of H-pyrrole nitrogens is 1. The Hall–Kier alpha value is -1.42. The Morgan fingerprint density at radius 1 is 1.44 bits per heavy atom. The van der Waals surface area contributed by atoms with E-state index >= 15 is 0 Å². The van der Waals surface area contributed by atoms with Gasteiger partial charge in [-0.25, -0.2) is 0 Å². The average Bonchev–Trinajstić information content (AvgIpc) is 2.85. The molecule has 1 amide bonds. The molecule has 2 aromatic rings. The normalized spacial score (nSPS) is 20.3. The molecular weight excluding hydrogens is 244 g/mol. The lowest BCUT2D eigenvalue weighted by atomic mass is 10.1. The van der Waals surface area contributed by atoms with Gasteiger partial charge in [0.25, 0.3) is 5.91 Å². The monoisotopic (exact) mass is 260 g/mol. The highest BCUT2D eigenvalue weighted by Crippen LogP contribution is 2.21. The molecule has 0 spiro atoms. The molecule has 94 valence electrons. The molecule has 2 heterocycles. The summed E-state index contributed by atoms with van der Waals surface area (Å²) >= 11 is 1.94. The van der Waals surface area contributed by atoms with Gasteiger partial charge in [0.15, 0.2) is 0 Å². The maximum atomic E-state index is 12.4. The molecule has 1 aliphatic rings. The molecule has 1 atom stereocenters. The molecule has 1 fully saturated rings. The molecule has 3 rings (SSSR count). The standard InChI is InChI=1S/C14H16N2OS/c1-10-9-16(6-7-18-10)14(17)12-3-2-11-4-5-15-13(11)8-12/h2-5,8,10,15H,6-7,9H2,1H3/t10-/m0/s1. The van der Waals surface area contributed by atoms with Crippen molar-refractivity contribution in [1.82, 2.24) is 9.88 Å². The third-order valence-corrected chi connectivity index (χ3v) is 4.47. The van der Waals surface area contributed by atoms with E-state index in [0.717, 1.165) is 35.3 Å². The largest absolute Gasteiger partial charge is 0.361 e. The maximum Gasteiger partial charge on any atom is 0.253 e. The van der Waals surface area contributed by atoms with Crippen molar-refractivity contribution >= 4 is 28.6 Å². The lowest BCUT2D eigenvalue weighted by Gasteiger charge is -2.30. The predicted molar refractivity (Wildman–Crippen MR) is 76.1 cm³/mol. The molecule has 1 aliphatic heterocycles. The van der Waals surface area contributed by atoms with Crippen molar-refractivity contribution in [2.45, 2.75) is 12.2 Å². The predicted octanol–water partition coefficient (Wildman–Crippen LogP) is 2.75. The highest BCUT2D eigenvalue weighted by molar-refractivity contribution is 7.99. The van der Waals surface area contributed by atoms with Gasteiger partial charge in [-0.2, -0.15) is 11.8 Å². The van der Waals surface area contributed by atoms with E-state index in [2.05, 4.69) is 11.9 Å². The van der Waals surface area contributed by atoms with Gasteiger partial charge in [-0.3, -0.25) is 4.79 Å².